The zero-order valence-corrected chi connectivity index (χ0v) is 18.0. The minimum Gasteiger partial charge on any atom is -0.487 e. The lowest BCUT2D eigenvalue weighted by molar-refractivity contribution is 0.0519. The van der Waals surface area contributed by atoms with Crippen molar-refractivity contribution in [1.82, 2.24) is 14.8 Å². The van der Waals surface area contributed by atoms with Gasteiger partial charge in [-0.25, -0.2) is 14.5 Å². The Kier molecular flexibility index (Phi) is 6.57. The molecule has 0 aliphatic heterocycles. The number of amides is 1. The molecule has 2 aromatic carbocycles. The lowest BCUT2D eigenvalue weighted by Gasteiger charge is -2.09. The summed E-state index contributed by atoms with van der Waals surface area (Å²) in [6, 6.07) is 15.7. The Morgan fingerprint density at radius 1 is 1.12 bits per heavy atom. The molecule has 0 fully saturated rings. The van der Waals surface area contributed by atoms with Crippen molar-refractivity contribution in [1.29, 1.82) is 0 Å². The second-order valence-corrected chi connectivity index (χ2v) is 7.38. The van der Waals surface area contributed by atoms with Crippen LogP contribution in [0.2, 0.25) is 0 Å². The van der Waals surface area contributed by atoms with E-state index in [0.29, 0.717) is 30.2 Å². The Labute approximate surface area is 188 Å². The Morgan fingerprint density at radius 2 is 1.97 bits per heavy atom. The van der Waals surface area contributed by atoms with Crippen molar-refractivity contribution in [2.24, 2.45) is 0 Å². The number of hydrogen-bond donors (Lipinski definition) is 1. The van der Waals surface area contributed by atoms with Crippen molar-refractivity contribution >= 4 is 28.9 Å². The summed E-state index contributed by atoms with van der Waals surface area (Å²) in [7, 11) is 0. The second kappa shape index (κ2) is 9.88. The number of nitrogens with one attached hydrogen (secondary N) is 1. The number of ether oxygens (including phenoxy) is 2. The summed E-state index contributed by atoms with van der Waals surface area (Å²) in [5, 5.41) is 9.00. The van der Waals surface area contributed by atoms with Crippen molar-refractivity contribution in [2.45, 2.75) is 13.5 Å². The van der Waals surface area contributed by atoms with E-state index in [-0.39, 0.29) is 11.6 Å². The van der Waals surface area contributed by atoms with E-state index in [4.69, 9.17) is 9.47 Å². The van der Waals surface area contributed by atoms with Gasteiger partial charge < -0.3 is 14.8 Å². The molecule has 0 saturated carbocycles. The second-order valence-electron chi connectivity index (χ2n) is 6.66. The molecule has 0 aliphatic carbocycles. The predicted molar refractivity (Wildman–Crippen MR) is 120 cm³/mol. The molecular weight excluding hydrogens is 428 g/mol. The summed E-state index contributed by atoms with van der Waals surface area (Å²) >= 11 is 1.51. The summed E-state index contributed by atoms with van der Waals surface area (Å²) in [5.41, 5.74) is 4.69. The number of carbonyl (C=O) groups excluding carboxylic acids is 2. The Balaban J connectivity index is 1.38. The lowest BCUT2D eigenvalue weighted by Crippen LogP contribution is -2.12. The molecule has 0 aliphatic rings. The van der Waals surface area contributed by atoms with E-state index in [2.05, 4.69) is 15.4 Å². The molecule has 2 heterocycles. The van der Waals surface area contributed by atoms with Crippen molar-refractivity contribution in [3.05, 3.63) is 88.6 Å². The fourth-order valence-electron chi connectivity index (χ4n) is 2.88. The highest BCUT2D eigenvalue weighted by Crippen LogP contribution is 2.18. The molecule has 1 amide bonds. The zero-order chi connectivity index (χ0) is 22.3. The van der Waals surface area contributed by atoms with Crippen LogP contribution in [0.3, 0.4) is 0 Å². The van der Waals surface area contributed by atoms with Crippen LogP contribution in [0.4, 0.5) is 5.69 Å². The van der Waals surface area contributed by atoms with Gasteiger partial charge in [0, 0.05) is 22.8 Å². The fraction of sp³-hybridized carbons (Fsp3) is 0.130. The zero-order valence-electron chi connectivity index (χ0n) is 17.2. The minimum atomic E-state index is -0.465. The number of hydrogen-bond acceptors (Lipinski definition) is 7. The quantitative estimate of drug-likeness (QED) is 0.403. The van der Waals surface area contributed by atoms with E-state index >= 15 is 0 Å². The van der Waals surface area contributed by atoms with E-state index in [1.165, 1.54) is 11.3 Å². The van der Waals surface area contributed by atoms with Crippen molar-refractivity contribution in [2.75, 3.05) is 11.9 Å². The maximum Gasteiger partial charge on any atom is 0.358 e. The molecule has 2 aromatic heterocycles. The summed E-state index contributed by atoms with van der Waals surface area (Å²) in [6.45, 7) is 2.38. The fourth-order valence-corrected chi connectivity index (χ4v) is 3.42. The molecule has 0 atom stereocenters. The average Bonchev–Trinajstić information content (AvgIpc) is 3.51. The third-order valence-corrected chi connectivity index (χ3v) is 5.07. The first-order chi connectivity index (χ1) is 15.6. The number of aromatic nitrogens is 3. The number of anilines is 1. The molecule has 0 unspecified atom stereocenters. The number of carbonyl (C=O) groups is 2. The van der Waals surface area contributed by atoms with Crippen LogP contribution in [0.5, 0.6) is 5.75 Å². The van der Waals surface area contributed by atoms with Gasteiger partial charge in [0.05, 0.1) is 23.5 Å². The van der Waals surface area contributed by atoms with E-state index < -0.39 is 5.97 Å². The van der Waals surface area contributed by atoms with E-state index in [1.54, 1.807) is 77.9 Å². The number of nitrogens with zero attached hydrogens (tertiary/aromatic N) is 3. The van der Waals surface area contributed by atoms with Gasteiger partial charge in [0.25, 0.3) is 5.91 Å². The molecule has 32 heavy (non-hydrogen) atoms. The van der Waals surface area contributed by atoms with Gasteiger partial charge in [0.2, 0.25) is 0 Å². The van der Waals surface area contributed by atoms with Gasteiger partial charge in [-0.05, 0) is 55.5 Å². The molecule has 4 rings (SSSR count). The third kappa shape index (κ3) is 5.19. The van der Waals surface area contributed by atoms with Crippen LogP contribution in [0.25, 0.3) is 5.69 Å². The molecule has 0 saturated heterocycles. The molecule has 8 nitrogen and oxygen atoms in total. The molecule has 162 valence electrons. The standard InChI is InChI=1S/C23H20N4O4S/c1-2-30-23(29)21-10-11-27(26-21)19-8-6-17(7-9-19)25-22(28)16-4-3-5-20(12-16)31-13-18-14-32-15-24-18/h3-12,14-15H,2,13H2,1H3,(H,25,28). The largest absolute Gasteiger partial charge is 0.487 e. The van der Waals surface area contributed by atoms with Crippen LogP contribution in [0, 0.1) is 0 Å². The summed E-state index contributed by atoms with van der Waals surface area (Å²) in [4.78, 5) is 28.6. The van der Waals surface area contributed by atoms with Crippen LogP contribution in [0.15, 0.2) is 71.7 Å². The first kappa shape index (κ1) is 21.3. The smallest absolute Gasteiger partial charge is 0.358 e. The summed E-state index contributed by atoms with van der Waals surface area (Å²) < 4.78 is 12.2. The maximum absolute atomic E-state index is 12.6. The Bertz CT molecular complexity index is 1200. The van der Waals surface area contributed by atoms with Crippen LogP contribution in [0.1, 0.15) is 33.5 Å². The highest BCUT2D eigenvalue weighted by molar-refractivity contribution is 7.07. The molecular formula is C23H20N4O4S. The van der Waals surface area contributed by atoms with Gasteiger partial charge in [-0.15, -0.1) is 11.3 Å². The van der Waals surface area contributed by atoms with Gasteiger partial charge in [0.15, 0.2) is 5.69 Å². The summed E-state index contributed by atoms with van der Waals surface area (Å²) in [6.07, 6.45) is 1.68. The minimum absolute atomic E-state index is 0.237. The lowest BCUT2D eigenvalue weighted by atomic mass is 10.2. The molecule has 4 aromatic rings. The van der Waals surface area contributed by atoms with Crippen LogP contribution in [-0.2, 0) is 11.3 Å². The van der Waals surface area contributed by atoms with E-state index in [0.717, 1.165) is 11.4 Å². The molecule has 0 radical (unpaired) electrons. The van der Waals surface area contributed by atoms with Gasteiger partial charge in [0.1, 0.15) is 12.4 Å². The van der Waals surface area contributed by atoms with Crippen molar-refractivity contribution in [3.63, 3.8) is 0 Å². The summed E-state index contributed by atoms with van der Waals surface area (Å²) in [5.74, 6) is -0.120. The van der Waals surface area contributed by atoms with Gasteiger partial charge >= 0.3 is 5.97 Å². The van der Waals surface area contributed by atoms with Gasteiger partial charge in [-0.3, -0.25) is 4.79 Å². The maximum atomic E-state index is 12.6. The van der Waals surface area contributed by atoms with Crippen molar-refractivity contribution in [3.8, 4) is 11.4 Å². The molecule has 9 heteroatoms. The highest BCUT2D eigenvalue weighted by Gasteiger charge is 2.12. The van der Waals surface area contributed by atoms with Crippen LogP contribution < -0.4 is 10.1 Å². The third-order valence-electron chi connectivity index (χ3n) is 4.43. The normalized spacial score (nSPS) is 10.5. The molecule has 0 spiro atoms. The van der Waals surface area contributed by atoms with Crippen molar-refractivity contribution < 1.29 is 19.1 Å². The number of esters is 1. The molecule has 0 bridgehead atoms. The highest BCUT2D eigenvalue weighted by atomic mass is 32.1. The van der Waals surface area contributed by atoms with Crippen LogP contribution in [-0.4, -0.2) is 33.2 Å². The van der Waals surface area contributed by atoms with E-state index in [9.17, 15) is 9.59 Å². The first-order valence-electron chi connectivity index (χ1n) is 9.87. The van der Waals surface area contributed by atoms with Gasteiger partial charge in [-0.1, -0.05) is 6.07 Å². The average molecular weight is 449 g/mol. The number of thiazole rings is 1. The SMILES string of the molecule is CCOC(=O)c1ccn(-c2ccc(NC(=O)c3cccc(OCc4cscn4)c3)cc2)n1. The topological polar surface area (TPSA) is 95.3 Å². The number of benzene rings is 2. The predicted octanol–water partition coefficient (Wildman–Crippen LogP) is 4.34. The number of rotatable bonds is 8. The Morgan fingerprint density at radius 3 is 2.72 bits per heavy atom. The molecule has 1 N–H and O–H groups in total. The van der Waals surface area contributed by atoms with Gasteiger partial charge in [-0.2, -0.15) is 5.10 Å². The monoisotopic (exact) mass is 448 g/mol. The van der Waals surface area contributed by atoms with E-state index in [1.807, 2.05) is 5.38 Å². The Hall–Kier alpha value is -3.98. The first-order valence-corrected chi connectivity index (χ1v) is 10.8. The van der Waals surface area contributed by atoms with Crippen LogP contribution >= 0.6 is 11.3 Å².